The van der Waals surface area contributed by atoms with E-state index in [2.05, 4.69) is 44.9 Å². The van der Waals surface area contributed by atoms with E-state index in [4.69, 9.17) is 4.74 Å². The monoisotopic (exact) mass is 284 g/mol. The maximum atomic E-state index is 5.50. The molecule has 1 aliphatic carbocycles. The van der Waals surface area contributed by atoms with Gasteiger partial charge in [-0.05, 0) is 18.3 Å². The van der Waals surface area contributed by atoms with Gasteiger partial charge in [0.15, 0.2) is 5.17 Å². The molecule has 4 heteroatoms. The van der Waals surface area contributed by atoms with E-state index in [1.165, 1.54) is 6.42 Å². The Labute approximate surface area is 122 Å². The highest BCUT2D eigenvalue weighted by molar-refractivity contribution is 8.14. The number of aliphatic imine (C=N–C) groups is 1. The van der Waals surface area contributed by atoms with Crippen molar-refractivity contribution in [3.63, 3.8) is 0 Å². The summed E-state index contributed by atoms with van der Waals surface area (Å²) >= 11 is 1.92. The second-order valence-electron chi connectivity index (χ2n) is 7.63. The molecule has 3 unspecified atom stereocenters. The van der Waals surface area contributed by atoms with Gasteiger partial charge in [-0.3, -0.25) is 4.99 Å². The molecule has 0 aromatic heterocycles. The fourth-order valence-corrected chi connectivity index (χ4v) is 4.37. The van der Waals surface area contributed by atoms with Crippen LogP contribution < -0.4 is 5.32 Å². The maximum Gasteiger partial charge on any atom is 0.157 e. The Morgan fingerprint density at radius 3 is 2.63 bits per heavy atom. The molecule has 3 nitrogen and oxygen atoms in total. The first-order chi connectivity index (χ1) is 8.72. The fourth-order valence-electron chi connectivity index (χ4n) is 2.97. The first-order valence-electron chi connectivity index (χ1n) is 7.23. The molecule has 1 fully saturated rings. The Kier molecular flexibility index (Phi) is 4.22. The lowest BCUT2D eigenvalue weighted by Crippen LogP contribution is -2.61. The van der Waals surface area contributed by atoms with Gasteiger partial charge in [0.1, 0.15) is 0 Å². The molecule has 2 rings (SSSR count). The highest BCUT2D eigenvalue weighted by Gasteiger charge is 2.49. The number of methoxy groups -OCH3 is 1. The molecule has 1 saturated carbocycles. The zero-order valence-corrected chi connectivity index (χ0v) is 13.9. The summed E-state index contributed by atoms with van der Waals surface area (Å²) in [4.78, 5) is 4.67. The van der Waals surface area contributed by atoms with E-state index in [0.29, 0.717) is 22.8 Å². The first kappa shape index (κ1) is 15.2. The Bertz CT molecular complexity index is 360. The van der Waals surface area contributed by atoms with Crippen molar-refractivity contribution in [1.82, 2.24) is 5.32 Å². The number of amidine groups is 1. The predicted molar refractivity (Wildman–Crippen MR) is 83.9 cm³/mol. The Morgan fingerprint density at radius 2 is 2.11 bits per heavy atom. The molecule has 0 aromatic carbocycles. The molecule has 1 heterocycles. The summed E-state index contributed by atoms with van der Waals surface area (Å²) in [5.41, 5.74) is 0.597. The van der Waals surface area contributed by atoms with Crippen LogP contribution in [0.25, 0.3) is 0 Å². The number of nitrogens with one attached hydrogen (secondary N) is 1. The van der Waals surface area contributed by atoms with Gasteiger partial charge in [0.2, 0.25) is 0 Å². The lowest BCUT2D eigenvalue weighted by Gasteiger charge is -2.51. The smallest absolute Gasteiger partial charge is 0.157 e. The van der Waals surface area contributed by atoms with Crippen LogP contribution in [0.15, 0.2) is 4.99 Å². The van der Waals surface area contributed by atoms with Crippen molar-refractivity contribution in [3.8, 4) is 0 Å². The molecule has 0 spiro atoms. The third kappa shape index (κ3) is 3.46. The largest absolute Gasteiger partial charge is 0.381 e. The number of hydrogen-bond donors (Lipinski definition) is 1. The van der Waals surface area contributed by atoms with Crippen LogP contribution in [0.3, 0.4) is 0 Å². The van der Waals surface area contributed by atoms with Crippen molar-refractivity contribution >= 4 is 16.9 Å². The Hall–Kier alpha value is -0.220. The van der Waals surface area contributed by atoms with E-state index < -0.39 is 0 Å². The average Bonchev–Trinajstić information content (AvgIpc) is 2.68. The van der Waals surface area contributed by atoms with Crippen LogP contribution in [0.1, 0.15) is 47.5 Å². The van der Waals surface area contributed by atoms with Crippen LogP contribution in [-0.4, -0.2) is 36.2 Å². The van der Waals surface area contributed by atoms with Gasteiger partial charge in [-0.15, -0.1) is 0 Å². The van der Waals surface area contributed by atoms with Gasteiger partial charge in [0.25, 0.3) is 0 Å². The van der Waals surface area contributed by atoms with Gasteiger partial charge in [-0.2, -0.15) is 0 Å². The van der Waals surface area contributed by atoms with E-state index in [1.54, 1.807) is 0 Å². The number of rotatable bonds is 3. The molecule has 0 amide bonds. The van der Waals surface area contributed by atoms with Crippen LogP contribution in [-0.2, 0) is 4.74 Å². The molecule has 1 aliphatic heterocycles. The molecular formula is C15H28N2OS. The molecule has 0 saturated heterocycles. The highest BCUT2D eigenvalue weighted by Crippen LogP contribution is 2.43. The van der Waals surface area contributed by atoms with Crippen LogP contribution in [0.2, 0.25) is 0 Å². The Balaban J connectivity index is 1.80. The van der Waals surface area contributed by atoms with Crippen molar-refractivity contribution in [3.05, 3.63) is 0 Å². The zero-order chi connectivity index (χ0) is 14.3. The molecular weight excluding hydrogens is 256 g/mol. The topological polar surface area (TPSA) is 33.6 Å². The van der Waals surface area contributed by atoms with Gasteiger partial charge < -0.3 is 10.1 Å². The summed E-state index contributed by atoms with van der Waals surface area (Å²) in [5.74, 6) is 0. The number of ether oxygens (including phenoxy) is 1. The van der Waals surface area contributed by atoms with Crippen LogP contribution >= 0.6 is 11.8 Å². The number of hydrogen-bond acceptors (Lipinski definition) is 4. The summed E-state index contributed by atoms with van der Waals surface area (Å²) in [5, 5.41) is 5.40. The number of thioether (sulfide) groups is 1. The zero-order valence-electron chi connectivity index (χ0n) is 13.1. The molecule has 2 aliphatic rings. The van der Waals surface area contributed by atoms with E-state index in [-0.39, 0.29) is 5.41 Å². The quantitative estimate of drug-likeness (QED) is 0.863. The third-order valence-corrected chi connectivity index (χ3v) is 5.44. The first-order valence-corrected chi connectivity index (χ1v) is 8.11. The minimum Gasteiger partial charge on any atom is -0.381 e. The highest BCUT2D eigenvalue weighted by atomic mass is 32.2. The van der Waals surface area contributed by atoms with Gasteiger partial charge >= 0.3 is 0 Å². The lowest BCUT2D eigenvalue weighted by molar-refractivity contribution is -0.0917. The molecule has 0 radical (unpaired) electrons. The van der Waals surface area contributed by atoms with Crippen molar-refractivity contribution in [1.29, 1.82) is 0 Å². The molecule has 110 valence electrons. The van der Waals surface area contributed by atoms with Gasteiger partial charge in [-0.1, -0.05) is 46.4 Å². The van der Waals surface area contributed by atoms with Crippen molar-refractivity contribution in [2.45, 2.75) is 64.9 Å². The second kappa shape index (κ2) is 5.28. The molecule has 19 heavy (non-hydrogen) atoms. The van der Waals surface area contributed by atoms with Crippen molar-refractivity contribution < 1.29 is 4.74 Å². The molecule has 3 atom stereocenters. The van der Waals surface area contributed by atoms with Crippen molar-refractivity contribution in [2.75, 3.05) is 13.7 Å². The minimum absolute atomic E-state index is 0.208. The van der Waals surface area contributed by atoms with Gasteiger partial charge in [0, 0.05) is 23.8 Å². The van der Waals surface area contributed by atoms with Crippen molar-refractivity contribution in [2.24, 2.45) is 15.8 Å². The molecule has 0 aromatic rings. The summed E-state index contributed by atoms with van der Waals surface area (Å²) in [6, 6.07) is 0.497. The summed E-state index contributed by atoms with van der Waals surface area (Å²) in [6.07, 6.45) is 2.69. The number of nitrogens with zero attached hydrogens (tertiary/aromatic N) is 1. The van der Waals surface area contributed by atoms with E-state index in [0.717, 1.165) is 18.1 Å². The summed E-state index contributed by atoms with van der Waals surface area (Å²) in [7, 11) is 1.81. The lowest BCUT2D eigenvalue weighted by atomic mass is 9.64. The van der Waals surface area contributed by atoms with E-state index in [9.17, 15) is 0 Å². The third-order valence-electron chi connectivity index (χ3n) is 4.32. The minimum atomic E-state index is 0.208. The summed E-state index contributed by atoms with van der Waals surface area (Å²) in [6.45, 7) is 12.4. The van der Waals surface area contributed by atoms with Crippen LogP contribution in [0.4, 0.5) is 0 Å². The second-order valence-corrected chi connectivity index (χ2v) is 8.92. The molecule has 0 bridgehead atoms. The van der Waals surface area contributed by atoms with Crippen LogP contribution in [0, 0.1) is 10.8 Å². The van der Waals surface area contributed by atoms with Crippen LogP contribution in [0.5, 0.6) is 0 Å². The maximum absolute atomic E-state index is 5.50. The van der Waals surface area contributed by atoms with E-state index >= 15 is 0 Å². The molecule has 1 N–H and O–H groups in total. The van der Waals surface area contributed by atoms with Gasteiger partial charge in [-0.25, -0.2) is 0 Å². The normalized spacial score (nSPS) is 33.8. The predicted octanol–water partition coefficient (Wildman–Crippen LogP) is 3.30. The fraction of sp³-hybridized carbons (Fsp3) is 0.933. The standard InChI is InChI=1S/C15H28N2OS/c1-14(2,3)8-10-9-16-13(19-10)17-11-7-12(18-6)15(11,4)5/h10-12H,7-9H2,1-6H3,(H,16,17). The average molecular weight is 284 g/mol. The van der Waals surface area contributed by atoms with E-state index in [1.807, 2.05) is 18.9 Å². The SMILES string of the molecule is COC1CC(NC2=NCC(CC(C)(C)C)S2)C1(C)C. The Morgan fingerprint density at radius 1 is 1.42 bits per heavy atom. The van der Waals surface area contributed by atoms with Gasteiger partial charge in [0.05, 0.1) is 12.6 Å². The summed E-state index contributed by atoms with van der Waals surface area (Å²) < 4.78 is 5.50.